The second-order valence-corrected chi connectivity index (χ2v) is 8.59. The Hall–Kier alpha value is -2.64. The van der Waals surface area contributed by atoms with Crippen molar-refractivity contribution in [2.24, 2.45) is 5.92 Å². The van der Waals surface area contributed by atoms with Crippen LogP contribution in [0.3, 0.4) is 0 Å². The Balaban J connectivity index is 1.31. The van der Waals surface area contributed by atoms with E-state index >= 15 is 0 Å². The number of rotatable bonds is 4. The molecule has 2 heterocycles. The van der Waals surface area contributed by atoms with Crippen molar-refractivity contribution in [2.75, 3.05) is 19.6 Å². The van der Waals surface area contributed by atoms with Gasteiger partial charge < -0.3 is 15.0 Å². The van der Waals surface area contributed by atoms with Crippen molar-refractivity contribution in [3.05, 3.63) is 30.1 Å². The summed E-state index contributed by atoms with van der Waals surface area (Å²) in [6.07, 6.45) is 4.72. The van der Waals surface area contributed by atoms with Crippen LogP contribution in [0.4, 0.5) is 9.18 Å². The summed E-state index contributed by atoms with van der Waals surface area (Å²) >= 11 is 0. The minimum Gasteiger partial charge on any atom is -0.490 e. The molecule has 7 nitrogen and oxygen atoms in total. The number of imide groups is 1. The van der Waals surface area contributed by atoms with Gasteiger partial charge in [-0.05, 0) is 43.0 Å². The normalized spacial score (nSPS) is 27.5. The lowest BCUT2D eigenvalue weighted by Gasteiger charge is -2.37. The smallest absolute Gasteiger partial charge is 0.325 e. The molecule has 30 heavy (non-hydrogen) atoms. The van der Waals surface area contributed by atoms with Crippen molar-refractivity contribution in [2.45, 2.75) is 57.1 Å². The van der Waals surface area contributed by atoms with E-state index in [9.17, 15) is 18.8 Å². The van der Waals surface area contributed by atoms with E-state index in [1.807, 2.05) is 6.92 Å². The average Bonchev–Trinajstić information content (AvgIpc) is 2.97. The van der Waals surface area contributed by atoms with Gasteiger partial charge in [-0.15, -0.1) is 0 Å². The number of amides is 4. The van der Waals surface area contributed by atoms with Gasteiger partial charge in [-0.3, -0.25) is 14.5 Å². The first-order valence-corrected chi connectivity index (χ1v) is 10.7. The zero-order valence-electron chi connectivity index (χ0n) is 17.2. The van der Waals surface area contributed by atoms with Crippen LogP contribution in [-0.4, -0.2) is 58.9 Å². The minimum atomic E-state index is -0.842. The van der Waals surface area contributed by atoms with Gasteiger partial charge in [0.05, 0.1) is 0 Å². The number of likely N-dealkylation sites (tertiary alicyclic amines) is 1. The highest BCUT2D eigenvalue weighted by molar-refractivity contribution is 6.09. The van der Waals surface area contributed by atoms with Gasteiger partial charge >= 0.3 is 6.03 Å². The van der Waals surface area contributed by atoms with Crippen molar-refractivity contribution in [3.8, 4) is 5.75 Å². The van der Waals surface area contributed by atoms with E-state index in [2.05, 4.69) is 5.32 Å². The van der Waals surface area contributed by atoms with Gasteiger partial charge in [0.25, 0.3) is 5.91 Å². The van der Waals surface area contributed by atoms with Crippen LogP contribution in [0.5, 0.6) is 5.75 Å². The number of nitrogens with one attached hydrogen (secondary N) is 1. The molecule has 0 radical (unpaired) electrons. The van der Waals surface area contributed by atoms with Gasteiger partial charge in [0.1, 0.15) is 29.8 Å². The number of carbonyl (C=O) groups is 3. The lowest BCUT2D eigenvalue weighted by Crippen LogP contribution is -2.54. The molecule has 0 aromatic heterocycles. The lowest BCUT2D eigenvalue weighted by molar-refractivity contribution is -0.141. The number of benzene rings is 1. The fraction of sp³-hybridized carbons (Fsp3) is 0.591. The maximum Gasteiger partial charge on any atom is 0.325 e. The molecule has 1 N–H and O–H groups in total. The molecule has 1 spiro atoms. The number of ether oxygens (including phenoxy) is 1. The highest BCUT2D eigenvalue weighted by Gasteiger charge is 2.55. The molecule has 0 bridgehead atoms. The fourth-order valence-electron chi connectivity index (χ4n) is 4.80. The molecule has 4 rings (SSSR count). The Morgan fingerprint density at radius 1 is 1.17 bits per heavy atom. The number of carbonyl (C=O) groups excluding carboxylic acids is 3. The van der Waals surface area contributed by atoms with Crippen LogP contribution in [-0.2, 0) is 9.59 Å². The third kappa shape index (κ3) is 3.87. The van der Waals surface area contributed by atoms with E-state index < -0.39 is 11.6 Å². The molecule has 162 valence electrons. The van der Waals surface area contributed by atoms with Crippen LogP contribution >= 0.6 is 0 Å². The van der Waals surface area contributed by atoms with Crippen molar-refractivity contribution in [1.29, 1.82) is 0 Å². The molecule has 1 aromatic rings. The number of hydrogen-bond acceptors (Lipinski definition) is 4. The molecule has 2 saturated heterocycles. The molecule has 2 atom stereocenters. The molecule has 4 amide bonds. The zero-order valence-corrected chi connectivity index (χ0v) is 17.2. The Morgan fingerprint density at radius 2 is 1.87 bits per heavy atom. The molecule has 8 heteroatoms. The first-order chi connectivity index (χ1) is 14.4. The Morgan fingerprint density at radius 3 is 2.53 bits per heavy atom. The molecule has 0 unspecified atom stereocenters. The second-order valence-electron chi connectivity index (χ2n) is 8.59. The third-order valence-electron chi connectivity index (χ3n) is 6.71. The minimum absolute atomic E-state index is 0.0532. The summed E-state index contributed by atoms with van der Waals surface area (Å²) in [5.41, 5.74) is -0.842. The van der Waals surface area contributed by atoms with E-state index in [4.69, 9.17) is 4.74 Å². The number of piperidine rings is 1. The SMILES string of the molecule is C[C@@H]1CCCC[C@]12NC(=O)N(CC(=O)N1CCC(Oc3ccc(F)cc3)CC1)C2=O. The van der Waals surface area contributed by atoms with Crippen LogP contribution < -0.4 is 10.1 Å². The zero-order chi connectivity index (χ0) is 21.3. The van der Waals surface area contributed by atoms with Gasteiger partial charge in [0.2, 0.25) is 5.91 Å². The van der Waals surface area contributed by atoms with E-state index in [0.29, 0.717) is 38.1 Å². The summed E-state index contributed by atoms with van der Waals surface area (Å²) in [6.45, 7) is 2.77. The number of nitrogens with zero attached hydrogens (tertiary/aromatic N) is 2. The largest absolute Gasteiger partial charge is 0.490 e. The van der Waals surface area contributed by atoms with Crippen molar-refractivity contribution >= 4 is 17.8 Å². The number of hydrogen-bond donors (Lipinski definition) is 1. The standard InChI is InChI=1S/C22H28FN3O4/c1-15-4-2-3-11-22(15)20(28)26(21(29)24-22)14-19(27)25-12-9-18(10-13-25)30-17-7-5-16(23)6-8-17/h5-8,15,18H,2-4,9-14H2,1H3,(H,24,29)/t15-,22+/m1/s1. The summed E-state index contributed by atoms with van der Waals surface area (Å²) in [7, 11) is 0. The molecular weight excluding hydrogens is 389 g/mol. The summed E-state index contributed by atoms with van der Waals surface area (Å²) in [6, 6.07) is 5.42. The van der Waals surface area contributed by atoms with Crippen LogP contribution in [0.2, 0.25) is 0 Å². The summed E-state index contributed by atoms with van der Waals surface area (Å²) in [5, 5.41) is 2.89. The van der Waals surface area contributed by atoms with Gasteiger partial charge in [0.15, 0.2) is 0 Å². The maximum absolute atomic E-state index is 13.0. The average molecular weight is 417 g/mol. The highest BCUT2D eigenvalue weighted by atomic mass is 19.1. The van der Waals surface area contributed by atoms with E-state index in [-0.39, 0.29) is 36.2 Å². The molecule has 1 aromatic carbocycles. The van der Waals surface area contributed by atoms with Crippen molar-refractivity contribution in [1.82, 2.24) is 15.1 Å². The first kappa shape index (κ1) is 20.6. The molecular formula is C22H28FN3O4. The van der Waals surface area contributed by atoms with Crippen LogP contribution in [0.1, 0.15) is 45.4 Å². The van der Waals surface area contributed by atoms with Crippen LogP contribution in [0.25, 0.3) is 0 Å². The van der Waals surface area contributed by atoms with E-state index in [1.165, 1.54) is 12.1 Å². The molecule has 3 fully saturated rings. The van der Waals surface area contributed by atoms with Crippen molar-refractivity contribution < 1.29 is 23.5 Å². The highest BCUT2D eigenvalue weighted by Crippen LogP contribution is 2.38. The topological polar surface area (TPSA) is 79.0 Å². The summed E-state index contributed by atoms with van der Waals surface area (Å²) < 4.78 is 18.9. The second kappa shape index (κ2) is 8.24. The van der Waals surface area contributed by atoms with E-state index in [0.717, 1.165) is 24.2 Å². The van der Waals surface area contributed by atoms with Crippen molar-refractivity contribution in [3.63, 3.8) is 0 Å². The Bertz CT molecular complexity index is 822. The van der Waals surface area contributed by atoms with Crippen LogP contribution in [0, 0.1) is 11.7 Å². The molecule has 3 aliphatic rings. The quantitative estimate of drug-likeness (QED) is 0.764. The molecule has 1 saturated carbocycles. The van der Waals surface area contributed by atoms with Gasteiger partial charge in [-0.2, -0.15) is 0 Å². The summed E-state index contributed by atoms with van der Waals surface area (Å²) in [5.74, 6) is -0.121. The maximum atomic E-state index is 13.0. The fourth-order valence-corrected chi connectivity index (χ4v) is 4.80. The number of halogens is 1. The Labute approximate surface area is 175 Å². The predicted octanol–water partition coefficient (Wildman–Crippen LogP) is 2.70. The van der Waals surface area contributed by atoms with E-state index in [1.54, 1.807) is 17.0 Å². The van der Waals surface area contributed by atoms with Gasteiger partial charge in [-0.1, -0.05) is 19.8 Å². The molecule has 2 aliphatic heterocycles. The monoisotopic (exact) mass is 417 g/mol. The lowest BCUT2D eigenvalue weighted by atomic mass is 9.73. The first-order valence-electron chi connectivity index (χ1n) is 10.7. The Kier molecular flexibility index (Phi) is 5.66. The van der Waals surface area contributed by atoms with Gasteiger partial charge in [0, 0.05) is 25.9 Å². The molecule has 1 aliphatic carbocycles. The number of urea groups is 1. The third-order valence-corrected chi connectivity index (χ3v) is 6.71. The van der Waals surface area contributed by atoms with Crippen LogP contribution in [0.15, 0.2) is 24.3 Å². The summed E-state index contributed by atoms with van der Waals surface area (Å²) in [4.78, 5) is 41.0. The van der Waals surface area contributed by atoms with Gasteiger partial charge in [-0.25, -0.2) is 9.18 Å². The predicted molar refractivity (Wildman–Crippen MR) is 107 cm³/mol.